The summed E-state index contributed by atoms with van der Waals surface area (Å²) in [5.74, 6) is 0. The molecule has 1 nitrogen and oxygen atoms in total. The summed E-state index contributed by atoms with van der Waals surface area (Å²) >= 11 is 3.20. The van der Waals surface area contributed by atoms with Crippen molar-refractivity contribution in [3.05, 3.63) is 53.9 Å². The van der Waals surface area contributed by atoms with E-state index in [9.17, 15) is 0 Å². The van der Waals surface area contributed by atoms with E-state index in [0.717, 1.165) is 10.6 Å². The average Bonchev–Trinajstić information content (AvgIpc) is 3.01. The summed E-state index contributed by atoms with van der Waals surface area (Å²) in [6.45, 7) is 0. The first-order chi connectivity index (χ1) is 7.93. The highest BCUT2D eigenvalue weighted by Gasteiger charge is 2.07. The molecule has 3 aromatic rings. The van der Waals surface area contributed by atoms with Crippen molar-refractivity contribution in [3.8, 4) is 21.0 Å². The maximum absolute atomic E-state index is 4.43. The highest BCUT2D eigenvalue weighted by molar-refractivity contribution is 7.14. The molecule has 3 heteroatoms. The summed E-state index contributed by atoms with van der Waals surface area (Å²) in [4.78, 5) is 2.28. The molecule has 0 amide bonds. The highest BCUT2D eigenvalue weighted by Crippen LogP contribution is 2.30. The van der Waals surface area contributed by atoms with Crippen LogP contribution < -0.4 is 0 Å². The molecule has 0 spiro atoms. The SMILES string of the molecule is [c]1c(-c2cccs2)nsc1-c1ccccc1. The van der Waals surface area contributed by atoms with Crippen molar-refractivity contribution in [3.63, 3.8) is 0 Å². The van der Waals surface area contributed by atoms with Crippen LogP contribution in [0.4, 0.5) is 0 Å². The van der Waals surface area contributed by atoms with Gasteiger partial charge in [-0.3, -0.25) is 0 Å². The predicted molar refractivity (Wildman–Crippen MR) is 69.7 cm³/mol. The van der Waals surface area contributed by atoms with E-state index in [4.69, 9.17) is 0 Å². The first-order valence-electron chi connectivity index (χ1n) is 4.92. The molecule has 0 saturated heterocycles. The standard InChI is InChI=1S/C13H8NS2/c1-2-5-10(6-3-1)13-9-11(14-16-13)12-7-4-8-15-12/h1-8H. The van der Waals surface area contributed by atoms with Crippen LogP contribution in [0.2, 0.25) is 0 Å². The first kappa shape index (κ1) is 9.75. The lowest BCUT2D eigenvalue weighted by Crippen LogP contribution is -1.70. The van der Waals surface area contributed by atoms with Gasteiger partial charge in [0, 0.05) is 6.07 Å². The van der Waals surface area contributed by atoms with E-state index in [-0.39, 0.29) is 0 Å². The number of nitrogens with zero attached hydrogens (tertiary/aromatic N) is 1. The molecule has 0 unspecified atom stereocenters. The third-order valence-corrected chi connectivity index (χ3v) is 3.92. The van der Waals surface area contributed by atoms with E-state index in [2.05, 4.69) is 34.0 Å². The van der Waals surface area contributed by atoms with Gasteiger partial charge < -0.3 is 0 Å². The molecule has 1 radical (unpaired) electrons. The largest absolute Gasteiger partial charge is 0.190 e. The van der Waals surface area contributed by atoms with Crippen molar-refractivity contribution in [1.82, 2.24) is 4.37 Å². The number of aromatic nitrogens is 1. The molecule has 2 aromatic heterocycles. The zero-order valence-electron chi connectivity index (χ0n) is 8.38. The summed E-state index contributed by atoms with van der Waals surface area (Å²) in [6.07, 6.45) is 0. The zero-order valence-corrected chi connectivity index (χ0v) is 10.0. The lowest BCUT2D eigenvalue weighted by atomic mass is 10.2. The van der Waals surface area contributed by atoms with E-state index in [1.165, 1.54) is 22.0 Å². The van der Waals surface area contributed by atoms with Crippen molar-refractivity contribution in [2.45, 2.75) is 0 Å². The number of hydrogen-bond acceptors (Lipinski definition) is 3. The molecule has 0 atom stereocenters. The Balaban J connectivity index is 2.00. The fraction of sp³-hybridized carbons (Fsp3) is 0. The fourth-order valence-corrected chi connectivity index (χ4v) is 2.92. The maximum Gasteiger partial charge on any atom is 0.103 e. The van der Waals surface area contributed by atoms with Crippen LogP contribution in [0.3, 0.4) is 0 Å². The lowest BCUT2D eigenvalue weighted by molar-refractivity contribution is 1.57. The molecule has 0 aliphatic carbocycles. The Morgan fingerprint density at radius 2 is 1.88 bits per heavy atom. The predicted octanol–water partition coefficient (Wildman–Crippen LogP) is 4.34. The lowest BCUT2D eigenvalue weighted by Gasteiger charge is -1.92. The Hall–Kier alpha value is -1.45. The summed E-state index contributed by atoms with van der Waals surface area (Å²) < 4.78 is 4.43. The van der Waals surface area contributed by atoms with E-state index >= 15 is 0 Å². The molecule has 0 bridgehead atoms. The quantitative estimate of drug-likeness (QED) is 0.651. The zero-order chi connectivity index (χ0) is 10.8. The highest BCUT2D eigenvalue weighted by atomic mass is 32.1. The summed E-state index contributed by atoms with van der Waals surface area (Å²) in [6, 6.07) is 17.7. The van der Waals surface area contributed by atoms with Crippen LogP contribution in [0.25, 0.3) is 21.0 Å². The van der Waals surface area contributed by atoms with E-state index in [1.54, 1.807) is 11.3 Å². The van der Waals surface area contributed by atoms with Gasteiger partial charge in [0.15, 0.2) is 0 Å². The molecule has 3 rings (SSSR count). The van der Waals surface area contributed by atoms with Crippen LogP contribution in [-0.4, -0.2) is 4.37 Å². The monoisotopic (exact) mass is 242 g/mol. The molecule has 0 aliphatic rings. The van der Waals surface area contributed by atoms with Gasteiger partial charge >= 0.3 is 0 Å². The van der Waals surface area contributed by atoms with Crippen LogP contribution in [-0.2, 0) is 0 Å². The number of hydrogen-bond donors (Lipinski definition) is 0. The maximum atomic E-state index is 4.43. The van der Waals surface area contributed by atoms with E-state index < -0.39 is 0 Å². The molecular weight excluding hydrogens is 234 g/mol. The Kier molecular flexibility index (Phi) is 2.56. The molecule has 0 saturated carbocycles. The first-order valence-corrected chi connectivity index (χ1v) is 6.57. The van der Waals surface area contributed by atoms with Crippen molar-refractivity contribution in [2.75, 3.05) is 0 Å². The average molecular weight is 242 g/mol. The Bertz CT molecular complexity index is 567. The van der Waals surface area contributed by atoms with Gasteiger partial charge in [0.05, 0.1) is 9.75 Å². The number of rotatable bonds is 2. The molecule has 2 heterocycles. The van der Waals surface area contributed by atoms with Gasteiger partial charge in [0.2, 0.25) is 0 Å². The molecule has 0 fully saturated rings. The Labute approximate surface area is 102 Å². The van der Waals surface area contributed by atoms with Crippen LogP contribution in [0.1, 0.15) is 0 Å². The van der Waals surface area contributed by atoms with Gasteiger partial charge in [-0.1, -0.05) is 36.4 Å². The molecule has 1 aromatic carbocycles. The molecular formula is C13H8NS2. The second-order valence-electron chi connectivity index (χ2n) is 3.33. The minimum absolute atomic E-state index is 0.957. The Morgan fingerprint density at radius 1 is 1.00 bits per heavy atom. The topological polar surface area (TPSA) is 12.9 Å². The molecule has 0 aliphatic heterocycles. The van der Waals surface area contributed by atoms with Gasteiger partial charge in [-0.15, -0.1) is 11.3 Å². The third-order valence-electron chi connectivity index (χ3n) is 2.25. The Morgan fingerprint density at radius 3 is 2.62 bits per heavy atom. The van der Waals surface area contributed by atoms with Gasteiger partial charge in [-0.05, 0) is 28.5 Å². The third kappa shape index (κ3) is 1.79. The normalized spacial score (nSPS) is 10.5. The molecule has 0 N–H and O–H groups in total. The van der Waals surface area contributed by atoms with Gasteiger partial charge in [-0.25, -0.2) is 0 Å². The van der Waals surface area contributed by atoms with Crippen LogP contribution in [0.15, 0.2) is 47.8 Å². The van der Waals surface area contributed by atoms with Gasteiger partial charge in [0.25, 0.3) is 0 Å². The van der Waals surface area contributed by atoms with Crippen LogP contribution in [0, 0.1) is 6.07 Å². The second-order valence-corrected chi connectivity index (χ2v) is 5.05. The number of benzene rings is 1. The van der Waals surface area contributed by atoms with Crippen molar-refractivity contribution in [1.29, 1.82) is 0 Å². The van der Waals surface area contributed by atoms with E-state index in [0.29, 0.717) is 0 Å². The minimum atomic E-state index is 0.957. The summed E-state index contributed by atoms with van der Waals surface area (Å²) in [7, 11) is 0. The van der Waals surface area contributed by atoms with Crippen molar-refractivity contribution >= 4 is 22.9 Å². The molecule has 16 heavy (non-hydrogen) atoms. The smallest absolute Gasteiger partial charge is 0.103 e. The minimum Gasteiger partial charge on any atom is -0.190 e. The van der Waals surface area contributed by atoms with Crippen molar-refractivity contribution in [2.24, 2.45) is 0 Å². The van der Waals surface area contributed by atoms with Crippen molar-refractivity contribution < 1.29 is 0 Å². The van der Waals surface area contributed by atoms with Crippen LogP contribution >= 0.6 is 22.9 Å². The summed E-state index contributed by atoms with van der Waals surface area (Å²) in [5, 5.41) is 2.06. The summed E-state index contributed by atoms with van der Waals surface area (Å²) in [5.41, 5.74) is 2.14. The fourth-order valence-electron chi connectivity index (χ4n) is 1.48. The van der Waals surface area contributed by atoms with Gasteiger partial charge in [0.1, 0.15) is 5.69 Å². The van der Waals surface area contributed by atoms with Crippen LogP contribution in [0.5, 0.6) is 0 Å². The molecule has 77 valence electrons. The second kappa shape index (κ2) is 4.20. The van der Waals surface area contributed by atoms with Gasteiger partial charge in [-0.2, -0.15) is 4.37 Å². The number of thiophene rings is 1. The van der Waals surface area contributed by atoms with E-state index in [1.807, 2.05) is 24.3 Å².